The van der Waals surface area contributed by atoms with E-state index in [9.17, 15) is 9.50 Å². The van der Waals surface area contributed by atoms with E-state index in [1.54, 1.807) is 12.1 Å². The van der Waals surface area contributed by atoms with E-state index in [0.717, 1.165) is 11.1 Å². The highest BCUT2D eigenvalue weighted by Crippen LogP contribution is 2.27. The predicted molar refractivity (Wildman–Crippen MR) is 79.1 cm³/mol. The molecule has 0 heterocycles. The van der Waals surface area contributed by atoms with Crippen molar-refractivity contribution in [2.75, 3.05) is 6.61 Å². The van der Waals surface area contributed by atoms with Crippen LogP contribution in [0, 0.1) is 5.82 Å². The van der Waals surface area contributed by atoms with Gasteiger partial charge in [0.15, 0.2) is 0 Å². The van der Waals surface area contributed by atoms with Crippen LogP contribution in [0.1, 0.15) is 17.0 Å². The minimum atomic E-state index is -0.279. The van der Waals surface area contributed by atoms with Gasteiger partial charge in [-0.25, -0.2) is 4.39 Å². The Kier molecular flexibility index (Phi) is 4.97. The van der Waals surface area contributed by atoms with Crippen LogP contribution in [0.2, 0.25) is 5.02 Å². The second kappa shape index (κ2) is 6.51. The first-order valence-corrected chi connectivity index (χ1v) is 7.07. The Labute approximate surface area is 125 Å². The highest BCUT2D eigenvalue weighted by atomic mass is 79.9. The topological polar surface area (TPSA) is 20.2 Å². The molecule has 0 aliphatic carbocycles. The van der Waals surface area contributed by atoms with Gasteiger partial charge in [-0.1, -0.05) is 45.7 Å². The Balaban J connectivity index is 2.24. The summed E-state index contributed by atoms with van der Waals surface area (Å²) in [5.74, 6) is -0.334. The summed E-state index contributed by atoms with van der Waals surface area (Å²) in [5, 5.41) is 10.2. The molecular weight excluding hydrogens is 331 g/mol. The van der Waals surface area contributed by atoms with Gasteiger partial charge in [0, 0.05) is 15.4 Å². The Morgan fingerprint density at radius 2 is 2.00 bits per heavy atom. The molecule has 0 radical (unpaired) electrons. The monoisotopic (exact) mass is 342 g/mol. The van der Waals surface area contributed by atoms with Crippen molar-refractivity contribution in [1.29, 1.82) is 0 Å². The molecule has 1 unspecified atom stereocenters. The summed E-state index contributed by atoms with van der Waals surface area (Å²) in [6, 6.07) is 12.0. The van der Waals surface area contributed by atoms with Crippen LogP contribution in [0.15, 0.2) is 46.9 Å². The average Bonchev–Trinajstić information content (AvgIpc) is 2.38. The Morgan fingerprint density at radius 3 is 2.63 bits per heavy atom. The Hall–Kier alpha value is -0.900. The molecule has 2 aromatic carbocycles. The highest BCUT2D eigenvalue weighted by Gasteiger charge is 2.14. The van der Waals surface area contributed by atoms with Crippen molar-refractivity contribution in [2.45, 2.75) is 12.3 Å². The summed E-state index contributed by atoms with van der Waals surface area (Å²) in [6.07, 6.45) is 0.623. The molecule has 0 bridgehead atoms. The van der Waals surface area contributed by atoms with Crippen LogP contribution in [0.4, 0.5) is 4.39 Å². The molecule has 19 heavy (non-hydrogen) atoms. The van der Waals surface area contributed by atoms with E-state index in [0.29, 0.717) is 15.9 Å². The van der Waals surface area contributed by atoms with Gasteiger partial charge in [0.25, 0.3) is 0 Å². The summed E-state index contributed by atoms with van der Waals surface area (Å²) >= 11 is 9.30. The fraction of sp³-hybridized carbons (Fsp3) is 0.200. The highest BCUT2D eigenvalue weighted by molar-refractivity contribution is 9.10. The lowest BCUT2D eigenvalue weighted by atomic mass is 9.93. The summed E-state index contributed by atoms with van der Waals surface area (Å²) in [6.45, 7) is 0.0180. The fourth-order valence-corrected chi connectivity index (χ4v) is 2.71. The van der Waals surface area contributed by atoms with Gasteiger partial charge in [-0.15, -0.1) is 0 Å². The van der Waals surface area contributed by atoms with Crippen LogP contribution < -0.4 is 0 Å². The second-order valence-electron chi connectivity index (χ2n) is 4.37. The van der Waals surface area contributed by atoms with Gasteiger partial charge in [0.2, 0.25) is 0 Å². The standard InChI is InChI=1S/C15H13BrClFO/c16-15-8-14(18)5-4-11(15)6-12(9-19)10-2-1-3-13(17)7-10/h1-5,7-8,12,19H,6,9H2. The van der Waals surface area contributed by atoms with E-state index in [1.165, 1.54) is 12.1 Å². The first kappa shape index (κ1) is 14.5. The minimum Gasteiger partial charge on any atom is -0.396 e. The number of aliphatic hydroxyl groups excluding tert-OH is 1. The largest absolute Gasteiger partial charge is 0.396 e. The molecule has 0 aromatic heterocycles. The van der Waals surface area contributed by atoms with Crippen molar-refractivity contribution < 1.29 is 9.50 Å². The predicted octanol–water partition coefficient (Wildman–Crippen LogP) is 4.56. The normalized spacial score (nSPS) is 12.4. The van der Waals surface area contributed by atoms with E-state index >= 15 is 0 Å². The van der Waals surface area contributed by atoms with Crippen molar-refractivity contribution in [3.05, 3.63) is 68.9 Å². The molecule has 2 rings (SSSR count). The lowest BCUT2D eigenvalue weighted by molar-refractivity contribution is 0.264. The molecule has 0 aliphatic rings. The molecule has 0 fully saturated rings. The first-order chi connectivity index (χ1) is 9.10. The van der Waals surface area contributed by atoms with Gasteiger partial charge >= 0.3 is 0 Å². The molecule has 0 saturated carbocycles. The zero-order valence-corrected chi connectivity index (χ0v) is 12.5. The third kappa shape index (κ3) is 3.78. The average molecular weight is 344 g/mol. The van der Waals surface area contributed by atoms with Crippen LogP contribution in [0.25, 0.3) is 0 Å². The summed E-state index contributed by atoms with van der Waals surface area (Å²) in [7, 11) is 0. The molecule has 1 N–H and O–H groups in total. The lowest BCUT2D eigenvalue weighted by Gasteiger charge is -2.16. The second-order valence-corrected chi connectivity index (χ2v) is 5.67. The lowest BCUT2D eigenvalue weighted by Crippen LogP contribution is -2.08. The van der Waals surface area contributed by atoms with E-state index in [2.05, 4.69) is 15.9 Å². The van der Waals surface area contributed by atoms with E-state index in [1.807, 2.05) is 18.2 Å². The van der Waals surface area contributed by atoms with Crippen molar-refractivity contribution in [2.24, 2.45) is 0 Å². The number of hydrogen-bond acceptors (Lipinski definition) is 1. The molecular formula is C15H13BrClFO. The van der Waals surface area contributed by atoms with Gasteiger partial charge in [-0.05, 0) is 41.8 Å². The third-order valence-corrected chi connectivity index (χ3v) is 4.00. The number of rotatable bonds is 4. The maximum absolute atomic E-state index is 13.0. The van der Waals surface area contributed by atoms with E-state index in [4.69, 9.17) is 11.6 Å². The van der Waals surface area contributed by atoms with E-state index < -0.39 is 0 Å². The Morgan fingerprint density at radius 1 is 1.21 bits per heavy atom. The van der Waals surface area contributed by atoms with Crippen LogP contribution >= 0.6 is 27.5 Å². The third-order valence-electron chi connectivity index (χ3n) is 3.02. The van der Waals surface area contributed by atoms with Gasteiger partial charge in [-0.3, -0.25) is 0 Å². The summed E-state index contributed by atoms with van der Waals surface area (Å²) < 4.78 is 13.8. The van der Waals surface area contributed by atoms with Crippen molar-refractivity contribution in [3.8, 4) is 0 Å². The van der Waals surface area contributed by atoms with Gasteiger partial charge in [0.1, 0.15) is 5.82 Å². The smallest absolute Gasteiger partial charge is 0.124 e. The molecule has 2 aromatic rings. The maximum Gasteiger partial charge on any atom is 0.124 e. The van der Waals surface area contributed by atoms with Gasteiger partial charge in [0.05, 0.1) is 6.61 Å². The first-order valence-electron chi connectivity index (χ1n) is 5.90. The van der Waals surface area contributed by atoms with Crippen molar-refractivity contribution in [1.82, 2.24) is 0 Å². The molecule has 4 heteroatoms. The van der Waals surface area contributed by atoms with Crippen LogP contribution in [0.5, 0.6) is 0 Å². The van der Waals surface area contributed by atoms with E-state index in [-0.39, 0.29) is 18.3 Å². The minimum absolute atomic E-state index is 0.0180. The SMILES string of the molecule is OCC(Cc1ccc(F)cc1Br)c1cccc(Cl)c1. The number of halogens is 3. The molecule has 1 atom stereocenters. The van der Waals surface area contributed by atoms with Crippen LogP contribution in [-0.2, 0) is 6.42 Å². The summed E-state index contributed by atoms with van der Waals surface area (Å²) in [5.41, 5.74) is 1.94. The number of aliphatic hydroxyl groups is 1. The van der Waals surface area contributed by atoms with Gasteiger partial charge < -0.3 is 5.11 Å². The Bertz CT molecular complexity index is 574. The molecule has 0 saturated heterocycles. The maximum atomic E-state index is 13.0. The quantitative estimate of drug-likeness (QED) is 0.863. The van der Waals surface area contributed by atoms with Crippen LogP contribution in [-0.4, -0.2) is 11.7 Å². The summed E-state index contributed by atoms with van der Waals surface area (Å²) in [4.78, 5) is 0. The molecule has 1 nitrogen and oxygen atoms in total. The van der Waals surface area contributed by atoms with Crippen LogP contribution in [0.3, 0.4) is 0 Å². The molecule has 0 amide bonds. The molecule has 100 valence electrons. The zero-order chi connectivity index (χ0) is 13.8. The van der Waals surface area contributed by atoms with Crippen molar-refractivity contribution in [3.63, 3.8) is 0 Å². The molecule has 0 aliphatic heterocycles. The van der Waals surface area contributed by atoms with Crippen molar-refractivity contribution >= 4 is 27.5 Å². The molecule has 0 spiro atoms. The fourth-order valence-electron chi connectivity index (χ4n) is 2.00. The number of benzene rings is 2. The zero-order valence-electron chi connectivity index (χ0n) is 10.1. The van der Waals surface area contributed by atoms with Gasteiger partial charge in [-0.2, -0.15) is 0 Å². The number of hydrogen-bond donors (Lipinski definition) is 1.